The van der Waals surface area contributed by atoms with Crippen LogP contribution in [-0.2, 0) is 7.05 Å². The first-order chi connectivity index (χ1) is 16.4. The first-order valence-corrected chi connectivity index (χ1v) is 10.9. The molecule has 0 unspecified atom stereocenters. The number of carbonyl (C=O) groups is 1. The summed E-state index contributed by atoms with van der Waals surface area (Å²) in [4.78, 5) is 23.6. The van der Waals surface area contributed by atoms with Crippen LogP contribution in [0.3, 0.4) is 0 Å². The zero-order valence-corrected chi connectivity index (χ0v) is 18.3. The Kier molecular flexibility index (Phi) is 5.68. The summed E-state index contributed by atoms with van der Waals surface area (Å²) in [6.07, 6.45) is 7.08. The summed E-state index contributed by atoms with van der Waals surface area (Å²) in [5.74, 6) is -2.17. The van der Waals surface area contributed by atoms with E-state index in [0.717, 1.165) is 31.5 Å². The molecule has 11 heteroatoms. The van der Waals surface area contributed by atoms with Crippen molar-refractivity contribution in [3.05, 3.63) is 59.9 Å². The summed E-state index contributed by atoms with van der Waals surface area (Å²) < 4.78 is 43.9. The SMILES string of the molecule is Cn1nccc1C(=O)N[C@@H]1CCC[C@H](Nc2nc(-c3c[nH]c4c(F)cc(F)cc34)ncc2F)C1. The van der Waals surface area contributed by atoms with Gasteiger partial charge in [0.2, 0.25) is 0 Å². The number of hydrogen-bond donors (Lipinski definition) is 3. The lowest BCUT2D eigenvalue weighted by atomic mass is 9.91. The Bertz CT molecular complexity index is 1370. The van der Waals surface area contributed by atoms with E-state index in [1.54, 1.807) is 19.3 Å². The van der Waals surface area contributed by atoms with Crippen LogP contribution in [0.2, 0.25) is 0 Å². The molecule has 3 aromatic heterocycles. The predicted molar refractivity (Wildman–Crippen MR) is 120 cm³/mol. The van der Waals surface area contributed by atoms with Gasteiger partial charge in [0.05, 0.1) is 11.7 Å². The molecule has 1 aromatic carbocycles. The van der Waals surface area contributed by atoms with Crippen molar-refractivity contribution in [2.45, 2.75) is 37.8 Å². The topological polar surface area (TPSA) is 101 Å². The van der Waals surface area contributed by atoms with E-state index in [4.69, 9.17) is 0 Å². The minimum absolute atomic E-state index is 0.000152. The fourth-order valence-electron chi connectivity index (χ4n) is 4.44. The number of anilines is 1. The van der Waals surface area contributed by atoms with Crippen LogP contribution in [0.5, 0.6) is 0 Å². The van der Waals surface area contributed by atoms with Gasteiger partial charge >= 0.3 is 0 Å². The molecule has 8 nitrogen and oxygen atoms in total. The van der Waals surface area contributed by atoms with Crippen molar-refractivity contribution in [1.29, 1.82) is 0 Å². The van der Waals surface area contributed by atoms with Gasteiger partial charge in [0.25, 0.3) is 5.91 Å². The van der Waals surface area contributed by atoms with Crippen molar-refractivity contribution < 1.29 is 18.0 Å². The highest BCUT2D eigenvalue weighted by atomic mass is 19.1. The van der Waals surface area contributed by atoms with Crippen molar-refractivity contribution >= 4 is 22.6 Å². The molecule has 1 aliphatic carbocycles. The second-order valence-corrected chi connectivity index (χ2v) is 8.42. The molecule has 34 heavy (non-hydrogen) atoms. The number of fused-ring (bicyclic) bond motifs is 1. The van der Waals surface area contributed by atoms with Crippen LogP contribution in [0.25, 0.3) is 22.3 Å². The lowest BCUT2D eigenvalue weighted by Crippen LogP contribution is -2.42. The Morgan fingerprint density at radius 2 is 2.00 bits per heavy atom. The standard InChI is InChI=1S/C23H22F3N7O/c1-33-19(5-6-29-33)23(34)31-14-4-2-3-13(9-14)30-22-18(26)11-28-21(32-22)16-10-27-20-15(16)7-12(24)8-17(20)25/h5-8,10-11,13-14,27H,2-4,9H2,1H3,(H,31,34)(H,28,30,32)/t13-,14+/m0/s1. The molecule has 1 amide bonds. The number of aromatic amines is 1. The number of nitrogens with one attached hydrogen (secondary N) is 3. The summed E-state index contributed by atoms with van der Waals surface area (Å²) in [6.45, 7) is 0. The third-order valence-electron chi connectivity index (χ3n) is 6.09. The molecule has 2 atom stereocenters. The molecule has 1 aliphatic rings. The van der Waals surface area contributed by atoms with Crippen LogP contribution in [0.4, 0.5) is 19.0 Å². The van der Waals surface area contributed by atoms with E-state index in [1.165, 1.54) is 16.9 Å². The zero-order chi connectivity index (χ0) is 23.8. The Morgan fingerprint density at radius 3 is 2.79 bits per heavy atom. The number of rotatable bonds is 5. The predicted octanol–water partition coefficient (Wildman–Crippen LogP) is 3.93. The van der Waals surface area contributed by atoms with Crippen LogP contribution in [-0.4, -0.2) is 42.7 Å². The van der Waals surface area contributed by atoms with Crippen molar-refractivity contribution in [2.24, 2.45) is 7.05 Å². The minimum atomic E-state index is -0.733. The number of amides is 1. The highest BCUT2D eigenvalue weighted by molar-refractivity contribution is 5.94. The van der Waals surface area contributed by atoms with E-state index < -0.39 is 17.5 Å². The number of benzene rings is 1. The van der Waals surface area contributed by atoms with Crippen LogP contribution < -0.4 is 10.6 Å². The maximum atomic E-state index is 14.6. The summed E-state index contributed by atoms with van der Waals surface area (Å²) in [6, 6.07) is 3.40. The Labute approximate surface area is 192 Å². The first kappa shape index (κ1) is 21.9. The summed E-state index contributed by atoms with van der Waals surface area (Å²) >= 11 is 0. The van der Waals surface area contributed by atoms with Crippen molar-refractivity contribution in [2.75, 3.05) is 5.32 Å². The zero-order valence-electron chi connectivity index (χ0n) is 18.3. The molecule has 0 bridgehead atoms. The highest BCUT2D eigenvalue weighted by Gasteiger charge is 2.26. The summed E-state index contributed by atoms with van der Waals surface area (Å²) in [5, 5.41) is 10.4. The number of aryl methyl sites for hydroxylation is 1. The van der Waals surface area contributed by atoms with Gasteiger partial charge in [-0.25, -0.2) is 23.1 Å². The molecule has 1 saturated carbocycles. The van der Waals surface area contributed by atoms with Gasteiger partial charge in [-0.2, -0.15) is 5.10 Å². The van der Waals surface area contributed by atoms with Crippen LogP contribution in [0, 0.1) is 17.5 Å². The molecule has 0 spiro atoms. The van der Waals surface area contributed by atoms with E-state index in [-0.39, 0.29) is 40.5 Å². The van der Waals surface area contributed by atoms with Gasteiger partial charge in [0, 0.05) is 48.5 Å². The van der Waals surface area contributed by atoms with E-state index in [0.29, 0.717) is 17.7 Å². The van der Waals surface area contributed by atoms with Crippen molar-refractivity contribution in [1.82, 2.24) is 30.0 Å². The highest BCUT2D eigenvalue weighted by Crippen LogP contribution is 2.30. The van der Waals surface area contributed by atoms with Gasteiger partial charge in [-0.1, -0.05) is 0 Å². The Morgan fingerprint density at radius 1 is 1.18 bits per heavy atom. The van der Waals surface area contributed by atoms with Crippen LogP contribution >= 0.6 is 0 Å². The monoisotopic (exact) mass is 469 g/mol. The average molecular weight is 469 g/mol. The molecule has 4 aromatic rings. The normalized spacial score (nSPS) is 18.2. The van der Waals surface area contributed by atoms with Crippen molar-refractivity contribution in [3.8, 4) is 11.4 Å². The lowest BCUT2D eigenvalue weighted by Gasteiger charge is -2.30. The third-order valence-corrected chi connectivity index (χ3v) is 6.09. The van der Waals surface area contributed by atoms with Gasteiger partial charge in [-0.3, -0.25) is 9.48 Å². The quantitative estimate of drug-likeness (QED) is 0.411. The van der Waals surface area contributed by atoms with Gasteiger partial charge in [-0.05, 0) is 37.8 Å². The molecule has 0 saturated heterocycles. The smallest absolute Gasteiger partial charge is 0.269 e. The molecule has 5 rings (SSSR count). The summed E-state index contributed by atoms with van der Waals surface area (Å²) in [5.41, 5.74) is 0.952. The number of halogens is 3. The van der Waals surface area contributed by atoms with E-state index >= 15 is 0 Å². The van der Waals surface area contributed by atoms with Crippen LogP contribution in [0.15, 0.2) is 36.8 Å². The fourth-order valence-corrected chi connectivity index (χ4v) is 4.44. The van der Waals surface area contributed by atoms with Gasteiger partial charge in [0.15, 0.2) is 17.5 Å². The number of H-pyrrole nitrogens is 1. The Hall–Kier alpha value is -3.89. The molecule has 3 heterocycles. The second kappa shape index (κ2) is 8.81. The lowest BCUT2D eigenvalue weighted by molar-refractivity contribution is 0.0917. The fraction of sp³-hybridized carbons (Fsp3) is 0.304. The molecule has 176 valence electrons. The van der Waals surface area contributed by atoms with E-state index in [2.05, 4.69) is 30.7 Å². The average Bonchev–Trinajstić information content (AvgIpc) is 3.42. The molecule has 0 radical (unpaired) electrons. The Balaban J connectivity index is 1.33. The second-order valence-electron chi connectivity index (χ2n) is 8.42. The maximum absolute atomic E-state index is 14.6. The molecule has 3 N–H and O–H groups in total. The molecule has 0 aliphatic heterocycles. The van der Waals surface area contributed by atoms with E-state index in [1.807, 2.05) is 0 Å². The number of hydrogen-bond acceptors (Lipinski definition) is 5. The molecule has 1 fully saturated rings. The van der Waals surface area contributed by atoms with Gasteiger partial charge < -0.3 is 15.6 Å². The minimum Gasteiger partial charge on any atom is -0.365 e. The van der Waals surface area contributed by atoms with E-state index in [9.17, 15) is 18.0 Å². The third kappa shape index (κ3) is 4.20. The number of nitrogens with zero attached hydrogens (tertiary/aromatic N) is 4. The first-order valence-electron chi connectivity index (χ1n) is 10.9. The van der Waals surface area contributed by atoms with Gasteiger partial charge in [0.1, 0.15) is 17.3 Å². The number of aromatic nitrogens is 5. The van der Waals surface area contributed by atoms with Gasteiger partial charge in [-0.15, -0.1) is 0 Å². The largest absolute Gasteiger partial charge is 0.365 e. The number of carbonyl (C=O) groups excluding carboxylic acids is 1. The maximum Gasteiger partial charge on any atom is 0.269 e. The van der Waals surface area contributed by atoms with Crippen LogP contribution in [0.1, 0.15) is 36.2 Å². The molecular weight excluding hydrogens is 447 g/mol. The van der Waals surface area contributed by atoms with Crippen molar-refractivity contribution in [3.63, 3.8) is 0 Å². The summed E-state index contributed by atoms with van der Waals surface area (Å²) in [7, 11) is 1.70. The molecular formula is C23H22F3N7O.